The molecule has 3 amide bonds. The number of ether oxygens (including phenoxy) is 2. The third-order valence-electron chi connectivity index (χ3n) is 7.29. The Labute approximate surface area is 210 Å². The van der Waals surface area contributed by atoms with Gasteiger partial charge in [0.1, 0.15) is 11.6 Å². The van der Waals surface area contributed by atoms with Gasteiger partial charge in [-0.2, -0.15) is 0 Å². The SMILES string of the molecule is CCOC(=O)c1cccc(N2C(=O)[C@@H]3[C@H](C(=O)NC4CC4)[C@@]4(C)C=C[C@@]3(O4)[C@@H]2C(=O)NC(C)(C)C)c1. The van der Waals surface area contributed by atoms with E-state index in [9.17, 15) is 19.2 Å². The van der Waals surface area contributed by atoms with Crippen LogP contribution in [0.1, 0.15) is 57.8 Å². The van der Waals surface area contributed by atoms with Crippen molar-refractivity contribution >= 4 is 29.4 Å². The summed E-state index contributed by atoms with van der Waals surface area (Å²) in [5, 5.41) is 6.01. The number of anilines is 1. The van der Waals surface area contributed by atoms with Gasteiger partial charge in [-0.1, -0.05) is 18.2 Å². The zero-order valence-corrected chi connectivity index (χ0v) is 21.3. The number of esters is 1. The second-order valence-corrected chi connectivity index (χ2v) is 11.3. The van der Waals surface area contributed by atoms with E-state index in [1.807, 2.05) is 26.8 Å². The smallest absolute Gasteiger partial charge is 0.338 e. The molecule has 0 aromatic heterocycles. The molecule has 9 heteroatoms. The Morgan fingerprint density at radius 3 is 2.53 bits per heavy atom. The van der Waals surface area contributed by atoms with Gasteiger partial charge in [-0.15, -0.1) is 0 Å². The number of carbonyl (C=O) groups is 4. The molecule has 5 atom stereocenters. The number of nitrogens with zero attached hydrogens (tertiary/aromatic N) is 1. The highest BCUT2D eigenvalue weighted by Gasteiger charge is 2.76. The second-order valence-electron chi connectivity index (χ2n) is 11.3. The van der Waals surface area contributed by atoms with Crippen LogP contribution < -0.4 is 15.5 Å². The molecule has 0 radical (unpaired) electrons. The van der Waals surface area contributed by atoms with Gasteiger partial charge in [0.05, 0.1) is 29.6 Å². The molecule has 36 heavy (non-hydrogen) atoms. The Bertz CT molecular complexity index is 1170. The van der Waals surface area contributed by atoms with Crippen LogP contribution in [0.4, 0.5) is 5.69 Å². The topological polar surface area (TPSA) is 114 Å². The third kappa shape index (κ3) is 3.80. The minimum atomic E-state index is -1.31. The average molecular weight is 496 g/mol. The number of amides is 3. The van der Waals surface area contributed by atoms with Crippen molar-refractivity contribution in [2.75, 3.05) is 11.5 Å². The molecule has 1 saturated carbocycles. The first-order chi connectivity index (χ1) is 16.9. The monoisotopic (exact) mass is 495 g/mol. The van der Waals surface area contributed by atoms with Crippen molar-refractivity contribution in [2.24, 2.45) is 11.8 Å². The summed E-state index contributed by atoms with van der Waals surface area (Å²) in [7, 11) is 0. The fourth-order valence-electron chi connectivity index (χ4n) is 5.77. The fraction of sp³-hybridized carbons (Fsp3) is 0.556. The van der Waals surface area contributed by atoms with Crippen molar-refractivity contribution in [2.45, 2.75) is 76.3 Å². The Morgan fingerprint density at radius 2 is 1.89 bits per heavy atom. The van der Waals surface area contributed by atoms with Crippen LogP contribution in [-0.2, 0) is 23.9 Å². The maximum absolute atomic E-state index is 14.2. The van der Waals surface area contributed by atoms with E-state index in [4.69, 9.17) is 9.47 Å². The Balaban J connectivity index is 1.60. The number of hydrogen-bond acceptors (Lipinski definition) is 6. The summed E-state index contributed by atoms with van der Waals surface area (Å²) in [6.07, 6.45) is 5.42. The maximum Gasteiger partial charge on any atom is 0.338 e. The van der Waals surface area contributed by atoms with E-state index in [1.54, 1.807) is 44.2 Å². The van der Waals surface area contributed by atoms with E-state index >= 15 is 0 Å². The predicted octanol–water partition coefficient (Wildman–Crippen LogP) is 2.10. The lowest BCUT2D eigenvalue weighted by Crippen LogP contribution is -2.58. The van der Waals surface area contributed by atoms with E-state index in [0.29, 0.717) is 5.69 Å². The van der Waals surface area contributed by atoms with Crippen LogP contribution in [0, 0.1) is 11.8 Å². The van der Waals surface area contributed by atoms with Gasteiger partial charge in [0.25, 0.3) is 0 Å². The summed E-state index contributed by atoms with van der Waals surface area (Å²) in [5.74, 6) is -3.19. The first-order valence-electron chi connectivity index (χ1n) is 12.5. The molecule has 4 aliphatic rings. The summed E-state index contributed by atoms with van der Waals surface area (Å²) in [6.45, 7) is 9.30. The normalized spacial score (nSPS) is 32.4. The molecule has 2 N–H and O–H groups in total. The quantitative estimate of drug-likeness (QED) is 0.462. The molecule has 3 heterocycles. The number of carbonyl (C=O) groups excluding carboxylic acids is 4. The van der Waals surface area contributed by atoms with Crippen molar-refractivity contribution in [3.63, 3.8) is 0 Å². The molecule has 3 aliphatic heterocycles. The Kier molecular flexibility index (Phi) is 5.55. The number of benzene rings is 1. The molecule has 1 aliphatic carbocycles. The van der Waals surface area contributed by atoms with Crippen LogP contribution in [0.15, 0.2) is 36.4 Å². The van der Waals surface area contributed by atoms with Crippen LogP contribution in [-0.4, -0.2) is 59.1 Å². The summed E-state index contributed by atoms with van der Waals surface area (Å²) in [4.78, 5) is 55.1. The zero-order chi connectivity index (χ0) is 26.0. The lowest BCUT2D eigenvalue weighted by atomic mass is 9.70. The van der Waals surface area contributed by atoms with Gasteiger partial charge in [-0.05, 0) is 65.7 Å². The molecule has 1 aromatic carbocycles. The van der Waals surface area contributed by atoms with Gasteiger partial charge < -0.3 is 20.1 Å². The van der Waals surface area contributed by atoms with Crippen LogP contribution >= 0.6 is 0 Å². The summed E-state index contributed by atoms with van der Waals surface area (Å²) in [6, 6.07) is 5.51. The molecular weight excluding hydrogens is 462 g/mol. The minimum Gasteiger partial charge on any atom is -0.462 e. The van der Waals surface area contributed by atoms with Crippen molar-refractivity contribution in [3.05, 3.63) is 42.0 Å². The average Bonchev–Trinajstić information content (AvgIpc) is 3.40. The van der Waals surface area contributed by atoms with Crippen LogP contribution in [0.25, 0.3) is 0 Å². The van der Waals surface area contributed by atoms with Gasteiger partial charge in [0.2, 0.25) is 17.7 Å². The maximum atomic E-state index is 14.2. The van der Waals surface area contributed by atoms with Gasteiger partial charge >= 0.3 is 5.97 Å². The second kappa shape index (κ2) is 8.16. The molecule has 3 fully saturated rings. The summed E-state index contributed by atoms with van der Waals surface area (Å²) in [5.41, 5.74) is -2.25. The van der Waals surface area contributed by atoms with E-state index in [1.165, 1.54) is 4.90 Å². The number of hydrogen-bond donors (Lipinski definition) is 2. The zero-order valence-electron chi connectivity index (χ0n) is 21.3. The third-order valence-corrected chi connectivity index (χ3v) is 7.29. The van der Waals surface area contributed by atoms with E-state index in [0.717, 1.165) is 12.8 Å². The highest BCUT2D eigenvalue weighted by Crippen LogP contribution is 2.60. The fourth-order valence-corrected chi connectivity index (χ4v) is 5.77. The summed E-state index contributed by atoms with van der Waals surface area (Å²) < 4.78 is 11.6. The number of fused-ring (bicyclic) bond motifs is 1. The molecule has 0 unspecified atom stereocenters. The van der Waals surface area contributed by atoms with Crippen molar-refractivity contribution in [1.29, 1.82) is 0 Å². The highest BCUT2D eigenvalue weighted by atomic mass is 16.5. The molecule has 1 aromatic rings. The first-order valence-corrected chi connectivity index (χ1v) is 12.5. The van der Waals surface area contributed by atoms with Crippen molar-refractivity contribution in [3.8, 4) is 0 Å². The van der Waals surface area contributed by atoms with Crippen molar-refractivity contribution in [1.82, 2.24) is 10.6 Å². The van der Waals surface area contributed by atoms with E-state index in [2.05, 4.69) is 10.6 Å². The summed E-state index contributed by atoms with van der Waals surface area (Å²) >= 11 is 0. The minimum absolute atomic E-state index is 0.119. The van der Waals surface area contributed by atoms with Gasteiger partial charge in [0.15, 0.2) is 0 Å². The molecule has 5 rings (SSSR count). The lowest BCUT2D eigenvalue weighted by molar-refractivity contribution is -0.134. The van der Waals surface area contributed by atoms with Crippen molar-refractivity contribution < 1.29 is 28.7 Å². The standard InChI is InChI=1S/C27H33N3O6/c1-6-35-24(34)15-8-7-9-17(14-15)30-20(22(32)29-25(2,3)4)27-13-12-26(5,36-27)18(19(27)23(30)33)21(31)28-16-10-11-16/h7-9,12-14,16,18-20H,6,10-11H2,1-5H3,(H,28,31)(H,29,32)/t18-,19+,20+,26-,27+/m1/s1. The molecule has 9 nitrogen and oxygen atoms in total. The lowest BCUT2D eigenvalue weighted by Gasteiger charge is -2.35. The molecule has 2 saturated heterocycles. The largest absolute Gasteiger partial charge is 0.462 e. The highest BCUT2D eigenvalue weighted by molar-refractivity contribution is 6.11. The number of rotatable bonds is 6. The predicted molar refractivity (Wildman–Crippen MR) is 131 cm³/mol. The Morgan fingerprint density at radius 1 is 1.17 bits per heavy atom. The molecule has 2 bridgehead atoms. The van der Waals surface area contributed by atoms with E-state index in [-0.39, 0.29) is 30.0 Å². The van der Waals surface area contributed by atoms with Crippen LogP contribution in [0.5, 0.6) is 0 Å². The molecular formula is C27H33N3O6. The van der Waals surface area contributed by atoms with Crippen LogP contribution in [0.2, 0.25) is 0 Å². The first kappa shape index (κ1) is 24.5. The Hall–Kier alpha value is -3.20. The van der Waals surface area contributed by atoms with Gasteiger partial charge in [-0.3, -0.25) is 19.3 Å². The molecule has 1 spiro atoms. The van der Waals surface area contributed by atoms with Crippen LogP contribution in [0.3, 0.4) is 0 Å². The van der Waals surface area contributed by atoms with Gasteiger partial charge in [0, 0.05) is 17.3 Å². The van der Waals surface area contributed by atoms with E-state index < -0.39 is 46.5 Å². The number of nitrogens with one attached hydrogen (secondary N) is 2. The van der Waals surface area contributed by atoms with Gasteiger partial charge in [-0.25, -0.2) is 4.79 Å². The molecule has 192 valence electrons.